The number of methoxy groups -OCH3 is 1. The number of carbonyl (C=O) groups excluding carboxylic acids is 1. The summed E-state index contributed by atoms with van der Waals surface area (Å²) in [5.74, 6) is 0.856. The summed E-state index contributed by atoms with van der Waals surface area (Å²) in [6.45, 7) is 10.4. The molecule has 0 bridgehead atoms. The predicted octanol–water partition coefficient (Wildman–Crippen LogP) is 4.33. The highest BCUT2D eigenvalue weighted by Gasteiger charge is 2.34. The number of hydrogen-bond acceptors (Lipinski definition) is 4. The summed E-state index contributed by atoms with van der Waals surface area (Å²) in [7, 11) is 1.66. The molecule has 2 aromatic rings. The maximum atomic E-state index is 13.2. The molecule has 1 heterocycles. The average molecular weight is 394 g/mol. The number of hydrazone groups is 1. The van der Waals surface area contributed by atoms with Gasteiger partial charge in [0.1, 0.15) is 5.75 Å². The van der Waals surface area contributed by atoms with E-state index in [-0.39, 0.29) is 11.9 Å². The number of hydrogen-bond donors (Lipinski definition) is 0. The van der Waals surface area contributed by atoms with E-state index < -0.39 is 0 Å². The number of amides is 1. The Morgan fingerprint density at radius 2 is 1.83 bits per heavy atom. The molecule has 0 saturated heterocycles. The van der Waals surface area contributed by atoms with Gasteiger partial charge in [0, 0.05) is 6.42 Å². The number of benzene rings is 2. The Morgan fingerprint density at radius 1 is 1.14 bits per heavy atom. The van der Waals surface area contributed by atoms with Crippen molar-refractivity contribution in [2.45, 2.75) is 40.2 Å². The van der Waals surface area contributed by atoms with Gasteiger partial charge in [-0.15, -0.1) is 0 Å². The van der Waals surface area contributed by atoms with E-state index in [0.29, 0.717) is 13.0 Å². The van der Waals surface area contributed by atoms with Gasteiger partial charge in [-0.2, -0.15) is 5.10 Å². The minimum atomic E-state index is -0.0734. The predicted molar refractivity (Wildman–Crippen MR) is 117 cm³/mol. The van der Waals surface area contributed by atoms with Crippen molar-refractivity contribution in [1.29, 1.82) is 0 Å². The summed E-state index contributed by atoms with van der Waals surface area (Å²) in [5.41, 5.74) is 5.54. The quantitative estimate of drug-likeness (QED) is 0.703. The first kappa shape index (κ1) is 21.1. The molecule has 0 saturated carbocycles. The summed E-state index contributed by atoms with van der Waals surface area (Å²) >= 11 is 0. The second-order valence-corrected chi connectivity index (χ2v) is 7.55. The van der Waals surface area contributed by atoms with Gasteiger partial charge in [-0.3, -0.25) is 9.69 Å². The first-order valence-electron chi connectivity index (χ1n) is 10.3. The van der Waals surface area contributed by atoms with E-state index in [1.807, 2.05) is 24.3 Å². The van der Waals surface area contributed by atoms with Crippen LogP contribution in [0.15, 0.2) is 47.6 Å². The van der Waals surface area contributed by atoms with E-state index in [2.05, 4.69) is 50.8 Å². The zero-order valence-corrected chi connectivity index (χ0v) is 18.1. The van der Waals surface area contributed by atoms with E-state index in [1.165, 1.54) is 11.1 Å². The fourth-order valence-electron chi connectivity index (χ4n) is 3.85. The topological polar surface area (TPSA) is 45.1 Å². The van der Waals surface area contributed by atoms with Gasteiger partial charge >= 0.3 is 0 Å². The molecule has 0 unspecified atom stereocenters. The van der Waals surface area contributed by atoms with Crippen molar-refractivity contribution < 1.29 is 9.53 Å². The van der Waals surface area contributed by atoms with Crippen molar-refractivity contribution in [1.82, 2.24) is 9.91 Å². The monoisotopic (exact) mass is 393 g/mol. The smallest absolute Gasteiger partial charge is 0.257 e. The molecule has 2 aromatic carbocycles. The molecule has 0 aromatic heterocycles. The van der Waals surface area contributed by atoms with Crippen LogP contribution >= 0.6 is 0 Å². The highest BCUT2D eigenvalue weighted by molar-refractivity contribution is 6.03. The Balaban J connectivity index is 1.94. The molecule has 5 heteroatoms. The Hall–Kier alpha value is -2.66. The fourth-order valence-corrected chi connectivity index (χ4v) is 3.85. The molecule has 0 fully saturated rings. The molecule has 5 nitrogen and oxygen atoms in total. The average Bonchev–Trinajstić information content (AvgIpc) is 3.17. The van der Waals surface area contributed by atoms with Crippen LogP contribution < -0.4 is 4.74 Å². The second kappa shape index (κ2) is 9.23. The largest absolute Gasteiger partial charge is 0.497 e. The van der Waals surface area contributed by atoms with Gasteiger partial charge in [-0.1, -0.05) is 37.6 Å². The van der Waals surface area contributed by atoms with Crippen LogP contribution in [0.1, 0.15) is 48.6 Å². The lowest BCUT2D eigenvalue weighted by Crippen LogP contribution is -2.38. The molecular weight excluding hydrogens is 362 g/mol. The van der Waals surface area contributed by atoms with Gasteiger partial charge in [-0.05, 0) is 67.9 Å². The van der Waals surface area contributed by atoms with Gasteiger partial charge in [0.2, 0.25) is 0 Å². The molecular formula is C24H31N3O2. The van der Waals surface area contributed by atoms with Crippen LogP contribution in [0.5, 0.6) is 5.75 Å². The Labute approximate surface area is 174 Å². The zero-order valence-electron chi connectivity index (χ0n) is 18.1. The van der Waals surface area contributed by atoms with E-state index in [9.17, 15) is 4.79 Å². The molecule has 154 valence electrons. The summed E-state index contributed by atoms with van der Waals surface area (Å²) < 4.78 is 5.27. The Morgan fingerprint density at radius 3 is 2.41 bits per heavy atom. The zero-order chi connectivity index (χ0) is 21.0. The number of likely N-dealkylation sites (N-methyl/N-ethyl adjacent to an activating group) is 1. The number of rotatable bonds is 7. The summed E-state index contributed by atoms with van der Waals surface area (Å²) in [4.78, 5) is 15.3. The van der Waals surface area contributed by atoms with Crippen molar-refractivity contribution in [2.24, 2.45) is 5.10 Å². The van der Waals surface area contributed by atoms with Gasteiger partial charge in [0.15, 0.2) is 0 Å². The molecule has 0 spiro atoms. The second-order valence-electron chi connectivity index (χ2n) is 7.55. The molecule has 0 N–H and O–H groups in total. The SMILES string of the molecule is CCN(CC)CC(=O)N1N=C(c2ccc(OC)cc2)C[C@H]1c1ccc(C)cc1C. The lowest BCUT2D eigenvalue weighted by molar-refractivity contribution is -0.134. The van der Waals surface area contributed by atoms with E-state index in [0.717, 1.165) is 35.7 Å². The Kier molecular flexibility index (Phi) is 6.70. The molecule has 1 aliphatic heterocycles. The van der Waals surface area contributed by atoms with Crippen LogP contribution in [0.2, 0.25) is 0 Å². The van der Waals surface area contributed by atoms with Crippen LogP contribution in [-0.2, 0) is 4.79 Å². The van der Waals surface area contributed by atoms with Crippen LogP contribution in [0.3, 0.4) is 0 Å². The first-order chi connectivity index (χ1) is 14.0. The lowest BCUT2D eigenvalue weighted by Gasteiger charge is -2.26. The normalized spacial score (nSPS) is 16.3. The number of nitrogens with zero attached hydrogens (tertiary/aromatic N) is 3. The van der Waals surface area contributed by atoms with E-state index >= 15 is 0 Å². The molecule has 1 aliphatic rings. The van der Waals surface area contributed by atoms with Crippen molar-refractivity contribution in [3.05, 3.63) is 64.7 Å². The molecule has 1 atom stereocenters. The summed E-state index contributed by atoms with van der Waals surface area (Å²) in [6.07, 6.45) is 0.709. The third-order valence-corrected chi connectivity index (χ3v) is 5.63. The van der Waals surface area contributed by atoms with E-state index in [1.54, 1.807) is 12.1 Å². The highest BCUT2D eigenvalue weighted by atomic mass is 16.5. The standard InChI is InChI=1S/C24H31N3O2/c1-6-26(7-2)16-24(28)27-23(21-13-8-17(3)14-18(21)4)15-22(25-27)19-9-11-20(29-5)12-10-19/h8-14,23H,6-7,15-16H2,1-5H3/t23-/m0/s1. The maximum Gasteiger partial charge on any atom is 0.257 e. The number of ether oxygens (including phenoxy) is 1. The van der Waals surface area contributed by atoms with Crippen molar-refractivity contribution in [3.8, 4) is 5.75 Å². The molecule has 0 radical (unpaired) electrons. The van der Waals surface area contributed by atoms with Crippen LogP contribution in [-0.4, -0.2) is 48.3 Å². The highest BCUT2D eigenvalue weighted by Crippen LogP contribution is 2.35. The van der Waals surface area contributed by atoms with Crippen molar-refractivity contribution >= 4 is 11.6 Å². The third-order valence-electron chi connectivity index (χ3n) is 5.63. The minimum absolute atomic E-state index is 0.0437. The summed E-state index contributed by atoms with van der Waals surface area (Å²) in [6, 6.07) is 14.2. The first-order valence-corrected chi connectivity index (χ1v) is 10.3. The summed E-state index contributed by atoms with van der Waals surface area (Å²) in [5, 5.41) is 6.49. The van der Waals surface area contributed by atoms with Crippen molar-refractivity contribution in [3.63, 3.8) is 0 Å². The van der Waals surface area contributed by atoms with E-state index in [4.69, 9.17) is 9.84 Å². The lowest BCUT2D eigenvalue weighted by atomic mass is 9.94. The number of carbonyl (C=O) groups is 1. The molecule has 0 aliphatic carbocycles. The minimum Gasteiger partial charge on any atom is -0.497 e. The molecule has 3 rings (SSSR count). The Bertz CT molecular complexity index is 885. The van der Waals surface area contributed by atoms with Gasteiger partial charge in [-0.25, -0.2) is 5.01 Å². The fraction of sp³-hybridized carbons (Fsp3) is 0.417. The number of aryl methyl sites for hydroxylation is 2. The maximum absolute atomic E-state index is 13.2. The van der Waals surface area contributed by atoms with Gasteiger partial charge in [0.25, 0.3) is 5.91 Å². The molecule has 1 amide bonds. The third kappa shape index (κ3) is 4.67. The van der Waals surface area contributed by atoms with Gasteiger partial charge in [0.05, 0.1) is 25.4 Å². The van der Waals surface area contributed by atoms with Crippen LogP contribution in [0, 0.1) is 13.8 Å². The van der Waals surface area contributed by atoms with Crippen LogP contribution in [0.4, 0.5) is 0 Å². The van der Waals surface area contributed by atoms with Crippen LogP contribution in [0.25, 0.3) is 0 Å². The van der Waals surface area contributed by atoms with Crippen molar-refractivity contribution in [2.75, 3.05) is 26.7 Å². The molecule has 29 heavy (non-hydrogen) atoms. The van der Waals surface area contributed by atoms with Gasteiger partial charge < -0.3 is 4.74 Å².